The van der Waals surface area contributed by atoms with Crippen molar-refractivity contribution in [2.45, 2.75) is 71.6 Å². The van der Waals surface area contributed by atoms with E-state index < -0.39 is 54.4 Å². The molecule has 1 heterocycles. The molecule has 1 aliphatic heterocycles. The van der Waals surface area contributed by atoms with Crippen LogP contribution < -0.4 is 4.74 Å². The average molecular weight is 577 g/mol. The van der Waals surface area contributed by atoms with Gasteiger partial charge in [-0.1, -0.05) is 35.9 Å². The first-order valence-corrected chi connectivity index (χ1v) is 13.2. The molecular weight excluding hydrogens is 544 g/mol. The Bertz CT molecular complexity index is 1210. The number of carbonyl (C=O) groups excluding carboxylic acids is 4. The summed E-state index contributed by atoms with van der Waals surface area (Å²) < 4.78 is 33.5. The molecule has 0 radical (unpaired) electrons. The molecule has 1 saturated heterocycles. The summed E-state index contributed by atoms with van der Waals surface area (Å²) in [6.07, 6.45) is -5.23. The molecule has 0 N–H and O–H groups in total. The van der Waals surface area contributed by atoms with Crippen molar-refractivity contribution in [2.75, 3.05) is 13.2 Å². The molecule has 5 atom stereocenters. The van der Waals surface area contributed by atoms with Gasteiger partial charge in [0.05, 0.1) is 6.61 Å². The van der Waals surface area contributed by atoms with E-state index in [9.17, 15) is 19.2 Å². The number of hydrogen-bond donors (Lipinski definition) is 0. The summed E-state index contributed by atoms with van der Waals surface area (Å²) in [6, 6.07) is 12.8. The van der Waals surface area contributed by atoms with Gasteiger partial charge in [-0.15, -0.1) is 0 Å². The molecule has 0 spiro atoms. The first kappa shape index (κ1) is 30.9. The maximum Gasteiger partial charge on any atom is 0.303 e. The fraction of sp³-hybridized carbons (Fsp3) is 0.448. The number of carbonyl (C=O) groups is 4. The summed E-state index contributed by atoms with van der Waals surface area (Å²) >= 11 is 6.54. The van der Waals surface area contributed by atoms with Gasteiger partial charge in [0.25, 0.3) is 0 Å². The Morgan fingerprint density at radius 2 is 1.40 bits per heavy atom. The average Bonchev–Trinajstić information content (AvgIpc) is 2.87. The molecule has 2 aromatic rings. The lowest BCUT2D eigenvalue weighted by Crippen LogP contribution is -2.59. The molecule has 40 heavy (non-hydrogen) atoms. The van der Waals surface area contributed by atoms with Gasteiger partial charge in [0.15, 0.2) is 18.3 Å². The minimum Gasteiger partial charge on any atom is -0.494 e. The van der Waals surface area contributed by atoms with Crippen LogP contribution in [-0.4, -0.2) is 61.5 Å². The van der Waals surface area contributed by atoms with E-state index in [4.69, 9.17) is 40.0 Å². The normalized spacial score (nSPS) is 22.1. The molecule has 2 aromatic carbocycles. The second kappa shape index (κ2) is 14.1. The van der Waals surface area contributed by atoms with Crippen molar-refractivity contribution in [1.82, 2.24) is 0 Å². The summed E-state index contributed by atoms with van der Waals surface area (Å²) in [5.74, 6) is -1.89. The highest BCUT2D eigenvalue weighted by Gasteiger charge is 2.52. The molecule has 0 aliphatic carbocycles. The summed E-state index contributed by atoms with van der Waals surface area (Å²) in [5.41, 5.74) is 2.29. The topological polar surface area (TPSA) is 124 Å². The monoisotopic (exact) mass is 576 g/mol. The zero-order valence-corrected chi connectivity index (χ0v) is 23.8. The van der Waals surface area contributed by atoms with Crippen LogP contribution in [0, 0.1) is 0 Å². The quantitative estimate of drug-likeness (QED) is 0.301. The zero-order valence-electron chi connectivity index (χ0n) is 23.0. The zero-order chi connectivity index (χ0) is 29.4. The smallest absolute Gasteiger partial charge is 0.303 e. The number of esters is 4. The van der Waals surface area contributed by atoms with Gasteiger partial charge in [-0.05, 0) is 48.2 Å². The molecule has 0 aromatic heterocycles. The number of ether oxygens (including phenoxy) is 6. The maximum atomic E-state index is 12.2. The van der Waals surface area contributed by atoms with E-state index in [1.54, 1.807) is 18.2 Å². The van der Waals surface area contributed by atoms with E-state index in [2.05, 4.69) is 0 Å². The largest absolute Gasteiger partial charge is 0.494 e. The molecule has 11 heteroatoms. The van der Waals surface area contributed by atoms with Crippen molar-refractivity contribution in [3.05, 3.63) is 64.2 Å². The van der Waals surface area contributed by atoms with E-state index in [0.717, 1.165) is 16.9 Å². The van der Waals surface area contributed by atoms with Crippen molar-refractivity contribution >= 4 is 35.5 Å². The molecular formula is C29H33ClO10. The van der Waals surface area contributed by atoms with Gasteiger partial charge in [0, 0.05) is 32.7 Å². The molecule has 10 nitrogen and oxygen atoms in total. The fourth-order valence-corrected chi connectivity index (χ4v) is 4.68. The van der Waals surface area contributed by atoms with Gasteiger partial charge in [-0.25, -0.2) is 0 Å². The van der Waals surface area contributed by atoms with Gasteiger partial charge in [-0.2, -0.15) is 0 Å². The third kappa shape index (κ3) is 8.43. The number of benzene rings is 2. The van der Waals surface area contributed by atoms with E-state index in [1.807, 2.05) is 31.2 Å². The van der Waals surface area contributed by atoms with Gasteiger partial charge in [0.2, 0.25) is 0 Å². The van der Waals surface area contributed by atoms with Crippen molar-refractivity contribution in [3.8, 4) is 5.75 Å². The van der Waals surface area contributed by atoms with Crippen LogP contribution in [-0.2, 0) is 49.3 Å². The Balaban J connectivity index is 2.03. The van der Waals surface area contributed by atoms with Crippen LogP contribution in [0.5, 0.6) is 5.75 Å². The molecule has 0 amide bonds. The summed E-state index contributed by atoms with van der Waals surface area (Å²) in [4.78, 5) is 47.8. The van der Waals surface area contributed by atoms with Gasteiger partial charge in [-0.3, -0.25) is 19.2 Å². The molecule has 1 unspecified atom stereocenters. The van der Waals surface area contributed by atoms with Crippen LogP contribution >= 0.6 is 11.6 Å². The Kier molecular flexibility index (Phi) is 10.9. The van der Waals surface area contributed by atoms with Gasteiger partial charge >= 0.3 is 23.9 Å². The van der Waals surface area contributed by atoms with Gasteiger partial charge in [0.1, 0.15) is 24.6 Å². The molecule has 0 saturated carbocycles. The van der Waals surface area contributed by atoms with Crippen LogP contribution in [0.4, 0.5) is 0 Å². The van der Waals surface area contributed by atoms with Crippen LogP contribution in [0.3, 0.4) is 0 Å². The summed E-state index contributed by atoms with van der Waals surface area (Å²) in [6.45, 7) is 6.94. The Labute approximate surface area is 237 Å². The highest BCUT2D eigenvalue weighted by molar-refractivity contribution is 6.31. The van der Waals surface area contributed by atoms with Crippen molar-refractivity contribution in [1.29, 1.82) is 0 Å². The molecule has 0 bridgehead atoms. The second-order valence-corrected chi connectivity index (χ2v) is 9.63. The van der Waals surface area contributed by atoms with Crippen LogP contribution in [0.25, 0.3) is 0 Å². The highest BCUT2D eigenvalue weighted by Crippen LogP contribution is 2.39. The number of rotatable bonds is 10. The summed E-state index contributed by atoms with van der Waals surface area (Å²) in [5, 5.41) is 0.503. The molecule has 1 aliphatic rings. The lowest BCUT2D eigenvalue weighted by Gasteiger charge is -2.44. The second-order valence-electron chi connectivity index (χ2n) is 9.22. The molecule has 216 valence electrons. The third-order valence-corrected chi connectivity index (χ3v) is 6.39. The van der Waals surface area contributed by atoms with Crippen molar-refractivity contribution in [2.24, 2.45) is 0 Å². The minimum atomic E-state index is -1.25. The highest BCUT2D eigenvalue weighted by atomic mass is 35.5. The molecule has 3 rings (SSSR count). The Hall–Kier alpha value is -3.63. The Morgan fingerprint density at radius 3 is 1.98 bits per heavy atom. The number of halogens is 1. The fourth-order valence-electron chi connectivity index (χ4n) is 4.49. The van der Waals surface area contributed by atoms with E-state index in [1.165, 1.54) is 27.7 Å². The third-order valence-electron chi connectivity index (χ3n) is 6.02. The summed E-state index contributed by atoms with van der Waals surface area (Å²) in [7, 11) is 0. The lowest BCUT2D eigenvalue weighted by molar-refractivity contribution is -0.254. The van der Waals surface area contributed by atoms with E-state index in [0.29, 0.717) is 23.6 Å². The lowest BCUT2D eigenvalue weighted by atomic mass is 9.89. The van der Waals surface area contributed by atoms with Crippen molar-refractivity contribution < 1.29 is 47.6 Å². The predicted octanol–water partition coefficient (Wildman–Crippen LogP) is 4.13. The van der Waals surface area contributed by atoms with Crippen LogP contribution in [0.15, 0.2) is 42.5 Å². The predicted molar refractivity (Wildman–Crippen MR) is 143 cm³/mol. The van der Waals surface area contributed by atoms with Crippen LogP contribution in [0.1, 0.15) is 57.4 Å². The van der Waals surface area contributed by atoms with Crippen molar-refractivity contribution in [3.63, 3.8) is 0 Å². The SMILES string of the molecule is CCOc1ccc(Cc2cc(C3O[C@@H](COC(C)=O)[C@H](OC(C)=O)[C@H](OC(C)=O)[C@H]3OC(C)=O)ccc2Cl)cc1. The first-order valence-electron chi connectivity index (χ1n) is 12.8. The molecule has 1 fully saturated rings. The van der Waals surface area contributed by atoms with Gasteiger partial charge < -0.3 is 28.4 Å². The van der Waals surface area contributed by atoms with E-state index >= 15 is 0 Å². The standard InChI is InChI=1S/C29H33ClO10/c1-6-35-23-10-7-20(8-11-23)13-22-14-21(9-12-24(22)30)26-28(38-18(4)33)29(39-19(5)34)27(37-17(3)32)25(40-26)15-36-16(2)31/h7-12,14,25-29H,6,13,15H2,1-5H3/t25-,26?,27-,28-,29-/m0/s1. The number of hydrogen-bond acceptors (Lipinski definition) is 10. The first-order chi connectivity index (χ1) is 19.0. The maximum absolute atomic E-state index is 12.2. The van der Waals surface area contributed by atoms with Crippen LogP contribution in [0.2, 0.25) is 5.02 Å². The Morgan fingerprint density at radius 1 is 0.800 bits per heavy atom. The van der Waals surface area contributed by atoms with E-state index in [-0.39, 0.29) is 6.61 Å². The minimum absolute atomic E-state index is 0.305.